The zero-order valence-electron chi connectivity index (χ0n) is 9.80. The van der Waals surface area contributed by atoms with Crippen molar-refractivity contribution in [1.82, 2.24) is 5.32 Å². The fraction of sp³-hybridized carbons (Fsp3) is 0.417. The zero-order chi connectivity index (χ0) is 13.3. The van der Waals surface area contributed by atoms with Crippen molar-refractivity contribution < 1.29 is 14.6 Å². The molecule has 1 aromatic carbocycles. The first-order valence-electron chi connectivity index (χ1n) is 5.49. The number of phenols is 1. The lowest BCUT2D eigenvalue weighted by molar-refractivity contribution is 0.0887. The monoisotopic (exact) mass is 289 g/mol. The SMILES string of the molecule is CC1(NC(=O)c2c(O)cc(Cl)cc2Cl)CCOC1. The molecule has 6 heteroatoms. The summed E-state index contributed by atoms with van der Waals surface area (Å²) >= 11 is 11.7. The number of carbonyl (C=O) groups excluding carboxylic acids is 1. The minimum Gasteiger partial charge on any atom is -0.507 e. The van der Waals surface area contributed by atoms with E-state index < -0.39 is 11.4 Å². The number of aromatic hydroxyl groups is 1. The molecule has 0 saturated carbocycles. The van der Waals surface area contributed by atoms with Crippen molar-refractivity contribution in [3.05, 3.63) is 27.7 Å². The fourth-order valence-corrected chi connectivity index (χ4v) is 2.46. The van der Waals surface area contributed by atoms with Crippen LogP contribution < -0.4 is 5.32 Å². The summed E-state index contributed by atoms with van der Waals surface area (Å²) in [5.41, 5.74) is -0.388. The third-order valence-electron chi connectivity index (χ3n) is 2.90. The summed E-state index contributed by atoms with van der Waals surface area (Å²) in [5.74, 6) is -0.658. The summed E-state index contributed by atoms with van der Waals surface area (Å²) in [6.07, 6.45) is 0.727. The van der Waals surface area contributed by atoms with E-state index >= 15 is 0 Å². The van der Waals surface area contributed by atoms with E-state index in [9.17, 15) is 9.90 Å². The maximum Gasteiger partial charge on any atom is 0.257 e. The van der Waals surface area contributed by atoms with Crippen LogP contribution in [-0.4, -0.2) is 29.8 Å². The summed E-state index contributed by atoms with van der Waals surface area (Å²) in [7, 11) is 0. The second-order valence-corrected chi connectivity index (χ2v) is 5.44. The molecule has 1 heterocycles. The maximum atomic E-state index is 12.1. The van der Waals surface area contributed by atoms with Crippen LogP contribution in [0.1, 0.15) is 23.7 Å². The molecule has 1 atom stereocenters. The van der Waals surface area contributed by atoms with Gasteiger partial charge in [-0.05, 0) is 25.5 Å². The number of amides is 1. The van der Waals surface area contributed by atoms with Gasteiger partial charge < -0.3 is 15.2 Å². The average molecular weight is 290 g/mol. The van der Waals surface area contributed by atoms with E-state index in [2.05, 4.69) is 5.32 Å². The number of phenolic OH excluding ortho intramolecular Hbond substituents is 1. The molecule has 0 aliphatic carbocycles. The van der Waals surface area contributed by atoms with Crippen LogP contribution in [0.4, 0.5) is 0 Å². The summed E-state index contributed by atoms with van der Waals surface area (Å²) < 4.78 is 5.25. The molecule has 1 unspecified atom stereocenters. The van der Waals surface area contributed by atoms with Gasteiger partial charge in [-0.2, -0.15) is 0 Å². The summed E-state index contributed by atoms with van der Waals surface area (Å²) in [6, 6.07) is 2.71. The Morgan fingerprint density at radius 3 is 2.78 bits per heavy atom. The lowest BCUT2D eigenvalue weighted by Crippen LogP contribution is -2.46. The van der Waals surface area contributed by atoms with E-state index in [4.69, 9.17) is 27.9 Å². The Balaban J connectivity index is 2.24. The van der Waals surface area contributed by atoms with E-state index in [1.165, 1.54) is 12.1 Å². The molecule has 4 nitrogen and oxygen atoms in total. The maximum absolute atomic E-state index is 12.1. The molecule has 0 spiro atoms. The Morgan fingerprint density at radius 2 is 2.22 bits per heavy atom. The van der Waals surface area contributed by atoms with Crippen LogP contribution >= 0.6 is 23.2 Å². The molecule has 98 valence electrons. The molecule has 1 aliphatic rings. The minimum atomic E-state index is -0.429. The molecule has 0 aromatic heterocycles. The summed E-state index contributed by atoms with van der Waals surface area (Å²) in [4.78, 5) is 12.1. The molecule has 0 bridgehead atoms. The van der Waals surface area contributed by atoms with Crippen molar-refractivity contribution in [3.63, 3.8) is 0 Å². The van der Waals surface area contributed by atoms with Gasteiger partial charge in [0, 0.05) is 11.6 Å². The highest BCUT2D eigenvalue weighted by Gasteiger charge is 2.32. The number of benzene rings is 1. The molecular formula is C12H13Cl2NO3. The first-order valence-corrected chi connectivity index (χ1v) is 6.25. The minimum absolute atomic E-state index is 0.0363. The van der Waals surface area contributed by atoms with Crippen LogP contribution in [0.15, 0.2) is 12.1 Å². The Labute approximate surface area is 115 Å². The van der Waals surface area contributed by atoms with E-state index in [1.807, 2.05) is 6.92 Å². The second kappa shape index (κ2) is 4.96. The first kappa shape index (κ1) is 13.5. The largest absolute Gasteiger partial charge is 0.507 e. The second-order valence-electron chi connectivity index (χ2n) is 4.60. The average Bonchev–Trinajstić information content (AvgIpc) is 2.62. The molecule has 1 saturated heterocycles. The van der Waals surface area contributed by atoms with Crippen LogP contribution in [0.5, 0.6) is 5.75 Å². The summed E-state index contributed by atoms with van der Waals surface area (Å²) in [5, 5.41) is 13.0. The molecule has 2 rings (SSSR count). The van der Waals surface area contributed by atoms with Gasteiger partial charge >= 0.3 is 0 Å². The highest BCUT2D eigenvalue weighted by atomic mass is 35.5. The van der Waals surface area contributed by atoms with Crippen molar-refractivity contribution >= 4 is 29.1 Å². The summed E-state index contributed by atoms with van der Waals surface area (Å²) in [6.45, 7) is 2.95. The predicted molar refractivity (Wildman–Crippen MR) is 69.4 cm³/mol. The predicted octanol–water partition coefficient (Wildman–Crippen LogP) is 2.61. The fourth-order valence-electron chi connectivity index (χ4n) is 1.89. The Hall–Kier alpha value is -0.970. The van der Waals surface area contributed by atoms with Crippen molar-refractivity contribution in [1.29, 1.82) is 0 Å². The smallest absolute Gasteiger partial charge is 0.257 e. The van der Waals surface area contributed by atoms with Crippen LogP contribution in [-0.2, 0) is 4.74 Å². The number of ether oxygens (including phenoxy) is 1. The van der Waals surface area contributed by atoms with Crippen molar-refractivity contribution in [2.75, 3.05) is 13.2 Å². The lowest BCUT2D eigenvalue weighted by atomic mass is 10.0. The van der Waals surface area contributed by atoms with Gasteiger partial charge in [0.1, 0.15) is 5.75 Å². The van der Waals surface area contributed by atoms with Crippen LogP contribution in [0, 0.1) is 0 Å². The van der Waals surface area contributed by atoms with Gasteiger partial charge in [-0.1, -0.05) is 23.2 Å². The standard InChI is InChI=1S/C12H13Cl2NO3/c1-12(2-3-18-6-12)15-11(17)10-8(14)4-7(13)5-9(10)16/h4-5,16H,2-3,6H2,1H3,(H,15,17). The number of hydrogen-bond acceptors (Lipinski definition) is 3. The van der Waals surface area contributed by atoms with Crippen molar-refractivity contribution in [3.8, 4) is 5.75 Å². The number of hydrogen-bond donors (Lipinski definition) is 2. The third-order valence-corrected chi connectivity index (χ3v) is 3.41. The van der Waals surface area contributed by atoms with Crippen LogP contribution in [0.3, 0.4) is 0 Å². The van der Waals surface area contributed by atoms with E-state index in [0.29, 0.717) is 13.2 Å². The van der Waals surface area contributed by atoms with Gasteiger partial charge in [0.2, 0.25) is 0 Å². The van der Waals surface area contributed by atoms with Crippen LogP contribution in [0.25, 0.3) is 0 Å². The molecule has 2 N–H and O–H groups in total. The number of rotatable bonds is 2. The zero-order valence-corrected chi connectivity index (χ0v) is 11.3. The van der Waals surface area contributed by atoms with Gasteiger partial charge in [0.05, 0.1) is 22.7 Å². The van der Waals surface area contributed by atoms with Gasteiger partial charge in [0.25, 0.3) is 5.91 Å². The van der Waals surface area contributed by atoms with Gasteiger partial charge in [-0.15, -0.1) is 0 Å². The Morgan fingerprint density at radius 1 is 1.50 bits per heavy atom. The van der Waals surface area contributed by atoms with Gasteiger partial charge in [-0.3, -0.25) is 4.79 Å². The van der Waals surface area contributed by atoms with Crippen LogP contribution in [0.2, 0.25) is 10.0 Å². The molecule has 1 aliphatic heterocycles. The van der Waals surface area contributed by atoms with Crippen molar-refractivity contribution in [2.45, 2.75) is 18.9 Å². The van der Waals surface area contributed by atoms with E-state index in [0.717, 1.165) is 6.42 Å². The normalized spacial score (nSPS) is 23.1. The number of halogens is 2. The molecule has 1 fully saturated rings. The molecule has 1 aromatic rings. The molecule has 1 amide bonds. The topological polar surface area (TPSA) is 58.6 Å². The van der Waals surface area contributed by atoms with Gasteiger partial charge in [0.15, 0.2) is 0 Å². The Kier molecular flexibility index (Phi) is 3.71. The first-order chi connectivity index (χ1) is 8.41. The highest BCUT2D eigenvalue weighted by Crippen LogP contribution is 2.30. The molecular weight excluding hydrogens is 277 g/mol. The third kappa shape index (κ3) is 2.71. The lowest BCUT2D eigenvalue weighted by Gasteiger charge is -2.24. The Bertz CT molecular complexity index is 461. The highest BCUT2D eigenvalue weighted by molar-refractivity contribution is 6.37. The van der Waals surface area contributed by atoms with E-state index in [1.54, 1.807) is 0 Å². The van der Waals surface area contributed by atoms with Gasteiger partial charge in [-0.25, -0.2) is 0 Å². The number of carbonyl (C=O) groups is 1. The molecule has 18 heavy (non-hydrogen) atoms. The quantitative estimate of drug-likeness (QED) is 0.880. The molecule has 0 radical (unpaired) electrons. The van der Waals surface area contributed by atoms with E-state index in [-0.39, 0.29) is 21.4 Å². The van der Waals surface area contributed by atoms with Crippen molar-refractivity contribution in [2.24, 2.45) is 0 Å². The number of nitrogens with one attached hydrogen (secondary N) is 1.